The summed E-state index contributed by atoms with van der Waals surface area (Å²) < 4.78 is 6.91. The zero-order chi connectivity index (χ0) is 23.9. The Hall–Kier alpha value is -3.42. The van der Waals surface area contributed by atoms with Gasteiger partial charge < -0.3 is 15.0 Å². The van der Waals surface area contributed by atoms with Crippen molar-refractivity contribution < 1.29 is 14.3 Å². The maximum atomic E-state index is 13.7. The zero-order valence-corrected chi connectivity index (χ0v) is 19.9. The second-order valence-electron chi connectivity index (χ2n) is 8.84. The van der Waals surface area contributed by atoms with E-state index in [2.05, 4.69) is 22.6 Å². The molecule has 2 amide bonds. The van der Waals surface area contributed by atoms with Crippen LogP contribution in [0.3, 0.4) is 0 Å². The van der Waals surface area contributed by atoms with Gasteiger partial charge in [0.05, 0.1) is 12.6 Å². The normalized spacial score (nSPS) is 14.8. The van der Waals surface area contributed by atoms with E-state index in [1.807, 2.05) is 48.5 Å². The maximum Gasteiger partial charge on any atom is 0.247 e. The molecular formula is C26H33N5O3. The van der Waals surface area contributed by atoms with E-state index in [9.17, 15) is 9.59 Å². The third kappa shape index (κ3) is 5.38. The average Bonchev–Trinajstić information content (AvgIpc) is 3.52. The Labute approximate surface area is 200 Å². The van der Waals surface area contributed by atoms with Crippen LogP contribution in [0.25, 0.3) is 11.0 Å². The summed E-state index contributed by atoms with van der Waals surface area (Å²) in [5.41, 5.74) is 2.30. The third-order valence-corrected chi connectivity index (χ3v) is 6.47. The molecule has 1 aliphatic rings. The summed E-state index contributed by atoms with van der Waals surface area (Å²) in [5, 5.41) is 11.6. The molecule has 8 heteroatoms. The Morgan fingerprint density at radius 1 is 1.15 bits per heavy atom. The molecule has 180 valence electrons. The Morgan fingerprint density at radius 2 is 1.88 bits per heavy atom. The number of carbonyl (C=O) groups is 2. The lowest BCUT2D eigenvalue weighted by Gasteiger charge is -2.32. The topological polar surface area (TPSA) is 89.4 Å². The predicted octanol–water partition coefficient (Wildman–Crippen LogP) is 3.87. The van der Waals surface area contributed by atoms with E-state index in [0.717, 1.165) is 55.1 Å². The van der Waals surface area contributed by atoms with Crippen molar-refractivity contribution in [2.75, 3.05) is 13.7 Å². The molecule has 0 bridgehead atoms. The highest BCUT2D eigenvalue weighted by molar-refractivity contribution is 5.89. The van der Waals surface area contributed by atoms with Crippen molar-refractivity contribution in [2.24, 2.45) is 0 Å². The lowest BCUT2D eigenvalue weighted by molar-refractivity contribution is -0.141. The molecule has 34 heavy (non-hydrogen) atoms. The van der Waals surface area contributed by atoms with Crippen molar-refractivity contribution in [1.29, 1.82) is 0 Å². The van der Waals surface area contributed by atoms with Gasteiger partial charge in [-0.05, 0) is 49.1 Å². The molecule has 0 unspecified atom stereocenters. The van der Waals surface area contributed by atoms with Gasteiger partial charge in [-0.3, -0.25) is 9.59 Å². The van der Waals surface area contributed by atoms with Crippen LogP contribution < -0.4 is 10.1 Å². The summed E-state index contributed by atoms with van der Waals surface area (Å²) in [6.45, 7) is 2.58. The van der Waals surface area contributed by atoms with Crippen molar-refractivity contribution in [3.8, 4) is 5.75 Å². The van der Waals surface area contributed by atoms with Crippen LogP contribution in [0.5, 0.6) is 5.75 Å². The van der Waals surface area contributed by atoms with Crippen molar-refractivity contribution in [3.05, 3.63) is 54.1 Å². The van der Waals surface area contributed by atoms with Crippen LogP contribution in [0, 0.1) is 0 Å². The second kappa shape index (κ2) is 11.1. The summed E-state index contributed by atoms with van der Waals surface area (Å²) >= 11 is 0. The molecule has 0 saturated heterocycles. The fourth-order valence-electron chi connectivity index (χ4n) is 4.59. The van der Waals surface area contributed by atoms with Crippen molar-refractivity contribution in [2.45, 2.75) is 64.1 Å². The first-order valence-electron chi connectivity index (χ1n) is 12.1. The highest BCUT2D eigenvalue weighted by atomic mass is 16.5. The number of nitrogens with one attached hydrogen (secondary N) is 1. The van der Waals surface area contributed by atoms with Gasteiger partial charge >= 0.3 is 0 Å². The molecule has 1 atom stereocenters. The van der Waals surface area contributed by atoms with Crippen LogP contribution in [0.2, 0.25) is 0 Å². The molecule has 1 N–H and O–H groups in total. The van der Waals surface area contributed by atoms with E-state index in [1.54, 1.807) is 16.7 Å². The summed E-state index contributed by atoms with van der Waals surface area (Å²) in [5.74, 6) is 0.413. The number of benzene rings is 2. The van der Waals surface area contributed by atoms with E-state index in [1.165, 1.54) is 0 Å². The molecule has 1 saturated carbocycles. The van der Waals surface area contributed by atoms with E-state index >= 15 is 0 Å². The molecule has 8 nitrogen and oxygen atoms in total. The molecular weight excluding hydrogens is 430 g/mol. The highest BCUT2D eigenvalue weighted by Gasteiger charge is 2.33. The van der Waals surface area contributed by atoms with Gasteiger partial charge in [-0.15, -0.1) is 5.10 Å². The second-order valence-corrected chi connectivity index (χ2v) is 8.84. The Kier molecular flexibility index (Phi) is 7.77. The first kappa shape index (κ1) is 23.7. The molecule has 1 heterocycles. The molecule has 4 rings (SSSR count). The molecule has 0 spiro atoms. The number of rotatable bonds is 10. The summed E-state index contributed by atoms with van der Waals surface area (Å²) in [7, 11) is 1.61. The number of methoxy groups -OCH3 is 1. The Bertz CT molecular complexity index is 1110. The average molecular weight is 464 g/mol. The van der Waals surface area contributed by atoms with Crippen molar-refractivity contribution in [3.63, 3.8) is 0 Å². The Balaban J connectivity index is 1.65. The predicted molar refractivity (Wildman–Crippen MR) is 130 cm³/mol. The van der Waals surface area contributed by atoms with Gasteiger partial charge in [0.1, 0.15) is 23.9 Å². The molecule has 2 aromatic carbocycles. The maximum absolute atomic E-state index is 13.7. The number of para-hydroxylation sites is 1. The number of hydrogen-bond donors (Lipinski definition) is 1. The number of carbonyl (C=O) groups excluding carboxylic acids is 2. The van der Waals surface area contributed by atoms with Gasteiger partial charge in [-0.2, -0.15) is 0 Å². The molecule has 0 radical (unpaired) electrons. The fraction of sp³-hybridized carbons (Fsp3) is 0.462. The van der Waals surface area contributed by atoms with Gasteiger partial charge in [-0.1, -0.05) is 55.7 Å². The number of nitrogens with zero attached hydrogens (tertiary/aromatic N) is 4. The van der Waals surface area contributed by atoms with E-state index in [4.69, 9.17) is 4.74 Å². The van der Waals surface area contributed by atoms with Crippen LogP contribution >= 0.6 is 0 Å². The quantitative estimate of drug-likeness (QED) is 0.493. The third-order valence-electron chi connectivity index (χ3n) is 6.47. The first-order chi connectivity index (χ1) is 16.6. The lowest BCUT2D eigenvalue weighted by atomic mass is 10.0. The fourth-order valence-corrected chi connectivity index (χ4v) is 4.59. The number of ether oxygens (including phenoxy) is 1. The minimum absolute atomic E-state index is 0.0214. The molecule has 1 fully saturated rings. The van der Waals surface area contributed by atoms with E-state index < -0.39 is 6.04 Å². The Morgan fingerprint density at radius 3 is 2.59 bits per heavy atom. The highest BCUT2D eigenvalue weighted by Crippen LogP contribution is 2.27. The number of aromatic nitrogens is 3. The van der Waals surface area contributed by atoms with Crippen LogP contribution in [-0.4, -0.2) is 51.4 Å². The standard InChI is InChI=1S/C26H33N5O3/c1-3-4-17-30(24(32)18-31-23-12-8-7-11-22(23)28-29-31)25(19-13-15-21(34-2)16-14-19)26(33)27-20-9-5-6-10-20/h7-8,11-16,20,25H,3-6,9-10,17-18H2,1-2H3,(H,27,33)/t25-/m1/s1. The summed E-state index contributed by atoms with van der Waals surface area (Å²) in [4.78, 5) is 29.0. The minimum atomic E-state index is -0.722. The number of unbranched alkanes of at least 4 members (excludes halogenated alkanes) is 1. The van der Waals surface area contributed by atoms with Crippen LogP contribution in [0.4, 0.5) is 0 Å². The van der Waals surface area contributed by atoms with Crippen molar-refractivity contribution >= 4 is 22.8 Å². The minimum Gasteiger partial charge on any atom is -0.497 e. The van der Waals surface area contributed by atoms with Gasteiger partial charge in [0.2, 0.25) is 11.8 Å². The molecule has 1 aliphatic carbocycles. The summed E-state index contributed by atoms with van der Waals surface area (Å²) in [6.07, 6.45) is 5.92. The summed E-state index contributed by atoms with van der Waals surface area (Å²) in [6, 6.07) is 14.4. The lowest BCUT2D eigenvalue weighted by Crippen LogP contribution is -2.47. The monoisotopic (exact) mass is 463 g/mol. The zero-order valence-electron chi connectivity index (χ0n) is 19.9. The number of fused-ring (bicyclic) bond motifs is 1. The van der Waals surface area contributed by atoms with Crippen LogP contribution in [0.15, 0.2) is 48.5 Å². The van der Waals surface area contributed by atoms with Crippen LogP contribution in [-0.2, 0) is 16.1 Å². The smallest absolute Gasteiger partial charge is 0.247 e. The molecule has 3 aromatic rings. The van der Waals surface area contributed by atoms with Gasteiger partial charge in [-0.25, -0.2) is 4.68 Å². The van der Waals surface area contributed by atoms with Crippen LogP contribution in [0.1, 0.15) is 57.1 Å². The van der Waals surface area contributed by atoms with Gasteiger partial charge in [0.15, 0.2) is 0 Å². The molecule has 0 aliphatic heterocycles. The van der Waals surface area contributed by atoms with E-state index in [0.29, 0.717) is 12.3 Å². The van der Waals surface area contributed by atoms with Gasteiger partial charge in [0, 0.05) is 12.6 Å². The number of hydrogen-bond acceptors (Lipinski definition) is 5. The molecule has 1 aromatic heterocycles. The van der Waals surface area contributed by atoms with Crippen molar-refractivity contribution in [1.82, 2.24) is 25.2 Å². The first-order valence-corrected chi connectivity index (χ1v) is 12.1. The largest absolute Gasteiger partial charge is 0.497 e. The number of amides is 2. The van der Waals surface area contributed by atoms with Gasteiger partial charge in [0.25, 0.3) is 0 Å². The SMILES string of the molecule is CCCCN(C(=O)Cn1nnc2ccccc21)[C@@H](C(=O)NC1CCCC1)c1ccc(OC)cc1. The van der Waals surface area contributed by atoms with E-state index in [-0.39, 0.29) is 24.4 Å².